The molecule has 0 aliphatic carbocycles. The Morgan fingerprint density at radius 3 is 1.00 bits per heavy atom. The largest absolute Gasteiger partial charge is 0.507 e. The van der Waals surface area contributed by atoms with Gasteiger partial charge in [0.15, 0.2) is 0 Å². The van der Waals surface area contributed by atoms with Crippen molar-refractivity contribution in [1.29, 1.82) is 0 Å². The van der Waals surface area contributed by atoms with Gasteiger partial charge in [0.05, 0.1) is 20.9 Å². The van der Waals surface area contributed by atoms with Crippen LogP contribution in [0.1, 0.15) is 238 Å². The third-order valence-corrected chi connectivity index (χ3v) is 12.2. The van der Waals surface area contributed by atoms with Crippen molar-refractivity contribution in [3.8, 4) is 11.5 Å². The van der Waals surface area contributed by atoms with Crippen molar-refractivity contribution in [2.45, 2.75) is 216 Å². The van der Waals surface area contributed by atoms with Gasteiger partial charge in [-0.15, -0.1) is 0 Å². The minimum absolute atomic E-state index is 0.0590. The minimum Gasteiger partial charge on any atom is -0.507 e. The van der Waals surface area contributed by atoms with Crippen molar-refractivity contribution in [3.63, 3.8) is 0 Å². The number of rotatable bonds is 32. The molecule has 0 saturated heterocycles. The summed E-state index contributed by atoms with van der Waals surface area (Å²) in [5.41, 5.74) is 1.36. The number of phenolic OH excluding ortho intramolecular Hbond substituents is 2. The third-order valence-electron chi connectivity index (χ3n) is 11.0. The van der Waals surface area contributed by atoms with Crippen LogP contribution in [0.2, 0.25) is 0 Å². The van der Waals surface area contributed by atoms with E-state index in [1.807, 2.05) is 13.8 Å². The van der Waals surface area contributed by atoms with Crippen LogP contribution in [0.25, 0.3) is 0 Å². The number of aromatic hydroxyl groups is 2. The Kier molecular flexibility index (Phi) is 24.4. The number of carboxylic acid groups (broad SMARTS) is 2. The predicted octanol–water partition coefficient (Wildman–Crippen LogP) is 15.0. The van der Waals surface area contributed by atoms with E-state index in [4.69, 9.17) is 0 Å². The molecule has 0 aliphatic rings. The molecule has 2 atom stereocenters. The smallest absolute Gasteiger partial charge is 0.336 e. The maximum atomic E-state index is 12.5. The Morgan fingerprint density at radius 2 is 0.736 bits per heavy atom. The van der Waals surface area contributed by atoms with Gasteiger partial charge < -0.3 is 20.4 Å². The Bertz CT molecular complexity index is 1220. The van der Waals surface area contributed by atoms with Crippen LogP contribution in [0.3, 0.4) is 0 Å². The lowest BCUT2D eigenvalue weighted by molar-refractivity contribution is 0.0684. The molecule has 0 aromatic heterocycles. The van der Waals surface area contributed by atoms with Crippen LogP contribution >= 0.6 is 11.8 Å². The molecule has 0 heterocycles. The lowest BCUT2D eigenvalue weighted by Gasteiger charge is -2.23. The lowest BCUT2D eigenvalue weighted by atomic mass is 9.90. The molecular weight excluding hydrogens is 681 g/mol. The molecule has 0 spiro atoms. The molecule has 0 bridgehead atoms. The van der Waals surface area contributed by atoms with Gasteiger partial charge >= 0.3 is 11.9 Å². The van der Waals surface area contributed by atoms with Crippen LogP contribution in [0.5, 0.6) is 11.5 Å². The van der Waals surface area contributed by atoms with Crippen molar-refractivity contribution < 1.29 is 30.0 Å². The second-order valence-corrected chi connectivity index (χ2v) is 16.6. The van der Waals surface area contributed by atoms with Gasteiger partial charge in [-0.1, -0.05) is 194 Å². The first kappa shape index (κ1) is 46.5. The van der Waals surface area contributed by atoms with Crippen LogP contribution in [0.15, 0.2) is 34.1 Å². The summed E-state index contributed by atoms with van der Waals surface area (Å²) in [7, 11) is 0. The van der Waals surface area contributed by atoms with Crippen molar-refractivity contribution in [1.82, 2.24) is 0 Å². The van der Waals surface area contributed by atoms with E-state index in [1.54, 1.807) is 0 Å². The second-order valence-electron chi connectivity index (χ2n) is 15.6. The quantitative estimate of drug-likeness (QED) is 0.0550. The van der Waals surface area contributed by atoms with Gasteiger partial charge in [-0.3, -0.25) is 0 Å². The first-order valence-electron chi connectivity index (χ1n) is 21.5. The molecule has 6 nitrogen and oxygen atoms in total. The maximum Gasteiger partial charge on any atom is 0.336 e. The van der Waals surface area contributed by atoms with E-state index < -0.39 is 11.9 Å². The summed E-state index contributed by atoms with van der Waals surface area (Å²) >= 11 is 1.11. The van der Waals surface area contributed by atoms with E-state index in [-0.39, 0.29) is 34.5 Å². The Morgan fingerprint density at radius 1 is 0.472 bits per heavy atom. The molecule has 2 aromatic rings. The van der Waals surface area contributed by atoms with E-state index in [1.165, 1.54) is 140 Å². The summed E-state index contributed by atoms with van der Waals surface area (Å²) in [5, 5.41) is 42.8. The molecule has 0 fully saturated rings. The van der Waals surface area contributed by atoms with E-state index in [2.05, 4.69) is 13.8 Å². The minimum atomic E-state index is -1.06. The molecule has 0 aliphatic heterocycles. The van der Waals surface area contributed by atoms with Gasteiger partial charge in [-0.2, -0.15) is 0 Å². The molecular formula is C46H74O6S. The Hall–Kier alpha value is -2.67. The summed E-state index contributed by atoms with van der Waals surface area (Å²) in [6.07, 6.45) is 31.5. The SMILES string of the molecule is CCCCCCCCCCCCCCC(C)c1c(C(=O)O)ccc(O)c1Sc1c(O)ccc(C(=O)O)c1C(C)CCCCCCCCCCCCCC. The molecule has 4 N–H and O–H groups in total. The third kappa shape index (κ3) is 17.6. The molecule has 2 aromatic carbocycles. The van der Waals surface area contributed by atoms with Gasteiger partial charge in [0, 0.05) is 0 Å². The average Bonchev–Trinajstić information content (AvgIpc) is 3.13. The van der Waals surface area contributed by atoms with Crippen LogP contribution in [0, 0.1) is 0 Å². The van der Waals surface area contributed by atoms with Crippen LogP contribution in [-0.4, -0.2) is 32.4 Å². The molecule has 0 amide bonds. The van der Waals surface area contributed by atoms with Gasteiger partial charge in [0.2, 0.25) is 0 Å². The van der Waals surface area contributed by atoms with E-state index in [0.29, 0.717) is 20.9 Å². The molecule has 0 saturated carbocycles. The van der Waals surface area contributed by atoms with E-state index in [9.17, 15) is 30.0 Å². The summed E-state index contributed by atoms with van der Waals surface area (Å²) in [4.78, 5) is 25.7. The highest BCUT2D eigenvalue weighted by atomic mass is 32.2. The molecule has 2 unspecified atom stereocenters. The highest BCUT2D eigenvalue weighted by molar-refractivity contribution is 7.99. The van der Waals surface area contributed by atoms with Gasteiger partial charge in [0.1, 0.15) is 11.5 Å². The van der Waals surface area contributed by atoms with Crippen LogP contribution in [0.4, 0.5) is 0 Å². The number of phenols is 2. The standard InChI is InChI=1S/C46H74O6S/c1-5-7-9-11-13-15-17-19-21-23-25-27-29-35(3)41-37(45(49)50)31-33-39(47)43(41)53-44-40(48)34-32-38(46(51)52)42(44)36(4)30-28-26-24-22-20-18-16-14-12-10-8-6-2/h31-36,47-48H,5-30H2,1-4H3,(H,49,50)(H,51,52). The Labute approximate surface area is 327 Å². The molecule has 53 heavy (non-hydrogen) atoms. The van der Waals surface area contributed by atoms with Crippen LogP contribution in [-0.2, 0) is 0 Å². The van der Waals surface area contributed by atoms with Crippen molar-refractivity contribution in [2.75, 3.05) is 0 Å². The van der Waals surface area contributed by atoms with Gasteiger partial charge in [-0.25, -0.2) is 9.59 Å². The number of carbonyl (C=O) groups is 2. The number of aromatic carboxylic acids is 2. The molecule has 2 rings (SSSR count). The summed E-state index contributed by atoms with van der Waals surface area (Å²) in [6, 6.07) is 5.72. The topological polar surface area (TPSA) is 115 Å². The average molecular weight is 755 g/mol. The number of unbranched alkanes of at least 4 members (excludes halogenated alkanes) is 22. The maximum absolute atomic E-state index is 12.5. The van der Waals surface area contributed by atoms with Crippen molar-refractivity contribution in [3.05, 3.63) is 46.5 Å². The summed E-state index contributed by atoms with van der Waals surface area (Å²) < 4.78 is 0. The number of benzene rings is 2. The van der Waals surface area contributed by atoms with Crippen molar-refractivity contribution >= 4 is 23.7 Å². The second kappa shape index (κ2) is 27.8. The monoisotopic (exact) mass is 755 g/mol. The predicted molar refractivity (Wildman–Crippen MR) is 222 cm³/mol. The summed E-state index contributed by atoms with van der Waals surface area (Å²) in [5.74, 6) is -2.54. The fourth-order valence-electron chi connectivity index (χ4n) is 7.72. The first-order chi connectivity index (χ1) is 25.6. The fourth-order valence-corrected chi connectivity index (χ4v) is 9.11. The zero-order valence-corrected chi connectivity index (χ0v) is 34.7. The Balaban J connectivity index is 2.07. The normalized spacial score (nSPS) is 12.6. The van der Waals surface area contributed by atoms with Crippen molar-refractivity contribution in [2.24, 2.45) is 0 Å². The summed E-state index contributed by atoms with van der Waals surface area (Å²) in [6.45, 7) is 8.52. The fraction of sp³-hybridized carbons (Fsp3) is 0.696. The highest BCUT2D eigenvalue weighted by Gasteiger charge is 2.28. The zero-order valence-electron chi connectivity index (χ0n) is 33.9. The molecule has 7 heteroatoms. The van der Waals surface area contributed by atoms with Gasteiger partial charge in [-0.05, 0) is 60.1 Å². The lowest BCUT2D eigenvalue weighted by Crippen LogP contribution is -2.10. The zero-order chi connectivity index (χ0) is 38.8. The molecule has 0 radical (unpaired) electrons. The van der Waals surface area contributed by atoms with Crippen LogP contribution < -0.4 is 0 Å². The number of hydrogen-bond acceptors (Lipinski definition) is 5. The van der Waals surface area contributed by atoms with E-state index in [0.717, 1.165) is 63.1 Å². The van der Waals surface area contributed by atoms with Gasteiger partial charge in [0.25, 0.3) is 0 Å². The molecule has 300 valence electrons. The highest BCUT2D eigenvalue weighted by Crippen LogP contribution is 2.49. The number of hydrogen-bond donors (Lipinski definition) is 4. The van der Waals surface area contributed by atoms with E-state index >= 15 is 0 Å². The number of carboxylic acids is 2. The first-order valence-corrected chi connectivity index (χ1v) is 22.3.